The molecule has 18 heavy (non-hydrogen) atoms. The predicted octanol–water partition coefficient (Wildman–Crippen LogP) is 2.13. The van der Waals surface area contributed by atoms with Gasteiger partial charge >= 0.3 is 0 Å². The van der Waals surface area contributed by atoms with E-state index in [9.17, 15) is 13.2 Å². The van der Waals surface area contributed by atoms with E-state index in [0.29, 0.717) is 10.7 Å². The fraction of sp³-hybridized carbons (Fsp3) is 0.200. The number of hydrogen-bond acceptors (Lipinski definition) is 5. The van der Waals surface area contributed by atoms with Gasteiger partial charge in [0.25, 0.3) is 10.0 Å². The number of nitrogens with zero attached hydrogens (tertiary/aromatic N) is 1. The molecule has 0 atom stereocenters. The Balaban J connectivity index is 2.36. The monoisotopic (exact) mass is 304 g/mol. The van der Waals surface area contributed by atoms with Crippen LogP contribution in [0, 0.1) is 0 Å². The normalized spacial score (nSPS) is 16.4. The third-order valence-electron chi connectivity index (χ3n) is 2.08. The fourth-order valence-corrected chi connectivity index (χ4v) is 3.64. The number of carbonyl (C=O) groups excluding carboxylic acids is 1. The molecule has 0 fully saturated rings. The summed E-state index contributed by atoms with van der Waals surface area (Å²) in [6.07, 6.45) is 0. The van der Waals surface area contributed by atoms with Crippen molar-refractivity contribution in [2.24, 2.45) is 4.40 Å². The summed E-state index contributed by atoms with van der Waals surface area (Å²) in [7, 11) is -3.75. The third-order valence-corrected chi connectivity index (χ3v) is 4.76. The number of rotatable bonds is 2. The Morgan fingerprint density at radius 1 is 1.50 bits per heavy atom. The van der Waals surface area contributed by atoms with Crippen LogP contribution >= 0.6 is 23.4 Å². The van der Waals surface area contributed by atoms with Crippen LogP contribution < -0.4 is 5.32 Å². The van der Waals surface area contributed by atoms with Gasteiger partial charge in [-0.2, -0.15) is 8.42 Å². The molecule has 0 aliphatic carbocycles. The van der Waals surface area contributed by atoms with E-state index in [-0.39, 0.29) is 21.6 Å². The molecule has 0 bridgehead atoms. The first kappa shape index (κ1) is 13.4. The Morgan fingerprint density at radius 2 is 2.22 bits per heavy atom. The number of carbonyl (C=O) groups is 1. The number of fused-ring (bicyclic) bond motifs is 1. The molecule has 0 amide bonds. The zero-order valence-corrected chi connectivity index (χ0v) is 11.7. The summed E-state index contributed by atoms with van der Waals surface area (Å²) in [5, 5.41) is 3.38. The lowest BCUT2D eigenvalue weighted by atomic mass is 10.3. The van der Waals surface area contributed by atoms with Crippen molar-refractivity contribution in [3.05, 3.63) is 23.2 Å². The second kappa shape index (κ2) is 4.91. The highest BCUT2D eigenvalue weighted by Crippen LogP contribution is 2.31. The number of benzene rings is 1. The molecule has 5 nitrogen and oxygen atoms in total. The molecule has 1 aromatic carbocycles. The lowest BCUT2D eigenvalue weighted by Gasteiger charge is -2.17. The maximum Gasteiger partial charge on any atom is 0.286 e. The van der Waals surface area contributed by atoms with Crippen LogP contribution in [0.2, 0.25) is 5.02 Å². The summed E-state index contributed by atoms with van der Waals surface area (Å²) in [6.45, 7) is 1.43. The molecule has 8 heteroatoms. The number of ketones is 1. The fourth-order valence-electron chi connectivity index (χ4n) is 1.34. The summed E-state index contributed by atoms with van der Waals surface area (Å²) in [5.41, 5.74) is 0.417. The van der Waals surface area contributed by atoms with Crippen LogP contribution in [-0.2, 0) is 14.8 Å². The lowest BCUT2D eigenvalue weighted by molar-refractivity contribution is -0.114. The van der Waals surface area contributed by atoms with Gasteiger partial charge in [-0.15, -0.1) is 4.40 Å². The van der Waals surface area contributed by atoms with Crippen LogP contribution in [0.5, 0.6) is 0 Å². The highest BCUT2D eigenvalue weighted by atomic mass is 35.5. The van der Waals surface area contributed by atoms with Gasteiger partial charge in [0, 0.05) is 5.02 Å². The summed E-state index contributed by atoms with van der Waals surface area (Å²) < 4.78 is 27.4. The highest BCUT2D eigenvalue weighted by molar-refractivity contribution is 8.15. The first-order valence-corrected chi connectivity index (χ1v) is 7.72. The maximum absolute atomic E-state index is 11.9. The molecule has 1 aliphatic heterocycles. The van der Waals surface area contributed by atoms with Gasteiger partial charge < -0.3 is 5.32 Å². The van der Waals surface area contributed by atoms with Gasteiger partial charge in [-0.3, -0.25) is 4.79 Å². The average Bonchev–Trinajstić information content (AvgIpc) is 2.27. The number of nitrogens with one attached hydrogen (secondary N) is 1. The van der Waals surface area contributed by atoms with Crippen molar-refractivity contribution in [2.75, 3.05) is 11.1 Å². The van der Waals surface area contributed by atoms with Gasteiger partial charge in [0.15, 0.2) is 5.17 Å². The molecule has 1 heterocycles. The summed E-state index contributed by atoms with van der Waals surface area (Å²) in [4.78, 5) is 10.9. The van der Waals surface area contributed by atoms with Crippen LogP contribution in [0.4, 0.5) is 5.69 Å². The lowest BCUT2D eigenvalue weighted by Crippen LogP contribution is -2.19. The van der Waals surface area contributed by atoms with Gasteiger partial charge in [-0.1, -0.05) is 23.4 Å². The molecule has 0 saturated carbocycles. The smallest absolute Gasteiger partial charge is 0.286 e. The molecule has 1 aromatic rings. The van der Waals surface area contributed by atoms with E-state index in [2.05, 4.69) is 9.71 Å². The summed E-state index contributed by atoms with van der Waals surface area (Å²) in [5.74, 6) is 0.119. The van der Waals surface area contributed by atoms with E-state index < -0.39 is 10.0 Å². The van der Waals surface area contributed by atoms with Gasteiger partial charge in [-0.05, 0) is 25.1 Å². The molecule has 0 aromatic heterocycles. The second-order valence-corrected chi connectivity index (χ2v) is 6.60. The Kier molecular flexibility index (Phi) is 3.65. The first-order valence-electron chi connectivity index (χ1n) is 4.92. The van der Waals surface area contributed by atoms with Crippen molar-refractivity contribution in [2.45, 2.75) is 11.8 Å². The number of Topliss-reactive ketones (excluding diaryl/α,β-unsaturated/α-hetero) is 1. The Labute approximate surface area is 114 Å². The van der Waals surface area contributed by atoms with Crippen LogP contribution in [0.25, 0.3) is 0 Å². The summed E-state index contributed by atoms with van der Waals surface area (Å²) >= 11 is 6.81. The van der Waals surface area contributed by atoms with E-state index in [0.717, 1.165) is 11.8 Å². The number of halogens is 1. The van der Waals surface area contributed by atoms with Crippen molar-refractivity contribution in [1.29, 1.82) is 0 Å². The van der Waals surface area contributed by atoms with Crippen molar-refractivity contribution >= 4 is 50.0 Å². The van der Waals surface area contributed by atoms with Gasteiger partial charge in [0.2, 0.25) is 0 Å². The second-order valence-electron chi connectivity index (χ2n) is 3.63. The van der Waals surface area contributed by atoms with Crippen molar-refractivity contribution in [3.8, 4) is 0 Å². The maximum atomic E-state index is 11.9. The zero-order chi connectivity index (χ0) is 13.3. The Bertz CT molecular complexity index is 641. The van der Waals surface area contributed by atoms with Crippen molar-refractivity contribution in [3.63, 3.8) is 0 Å². The van der Waals surface area contributed by atoms with Crippen molar-refractivity contribution in [1.82, 2.24) is 0 Å². The molecule has 0 saturated heterocycles. The minimum absolute atomic E-state index is 0.0437. The van der Waals surface area contributed by atoms with E-state index in [1.54, 1.807) is 12.1 Å². The van der Waals surface area contributed by atoms with E-state index in [1.165, 1.54) is 13.0 Å². The van der Waals surface area contributed by atoms with Crippen LogP contribution in [-0.4, -0.2) is 25.1 Å². The first-order chi connectivity index (χ1) is 8.38. The topological polar surface area (TPSA) is 75.6 Å². The number of sulfonamides is 1. The molecule has 96 valence electrons. The molecular weight excluding hydrogens is 296 g/mol. The van der Waals surface area contributed by atoms with Crippen LogP contribution in [0.15, 0.2) is 27.5 Å². The molecule has 2 rings (SSSR count). The van der Waals surface area contributed by atoms with Gasteiger partial charge in [0.05, 0.1) is 11.4 Å². The molecular formula is C10H9ClN2O3S2. The van der Waals surface area contributed by atoms with Crippen LogP contribution in [0.3, 0.4) is 0 Å². The number of amidine groups is 1. The number of hydrogen-bond donors (Lipinski definition) is 1. The van der Waals surface area contributed by atoms with E-state index in [4.69, 9.17) is 11.6 Å². The average molecular weight is 305 g/mol. The number of anilines is 1. The van der Waals surface area contributed by atoms with Crippen molar-refractivity contribution < 1.29 is 13.2 Å². The molecule has 0 spiro atoms. The molecule has 0 unspecified atom stereocenters. The van der Waals surface area contributed by atoms with Crippen LogP contribution in [0.1, 0.15) is 6.92 Å². The highest BCUT2D eigenvalue weighted by Gasteiger charge is 2.25. The Hall–Kier alpha value is -1.05. The number of thioether (sulfide) groups is 1. The molecule has 0 radical (unpaired) electrons. The zero-order valence-electron chi connectivity index (χ0n) is 9.31. The van der Waals surface area contributed by atoms with E-state index in [1.807, 2.05) is 0 Å². The molecule has 1 aliphatic rings. The standard InChI is InChI=1S/C10H9ClN2O3S2/c1-6(14)5-17-10-12-8-3-2-7(11)4-9(8)18(15,16)13-10/h2-4H,5H2,1H3,(H,12,13). The minimum atomic E-state index is -3.75. The quantitative estimate of drug-likeness (QED) is 0.906. The van der Waals surface area contributed by atoms with E-state index >= 15 is 0 Å². The summed E-state index contributed by atoms with van der Waals surface area (Å²) in [6, 6.07) is 4.49. The predicted molar refractivity (Wildman–Crippen MR) is 72.8 cm³/mol. The third kappa shape index (κ3) is 2.85. The minimum Gasteiger partial charge on any atom is -0.333 e. The SMILES string of the molecule is CC(=O)CSC1=NS(=O)(=O)c2cc(Cl)ccc2N1. The van der Waals surface area contributed by atoms with Gasteiger partial charge in [-0.25, -0.2) is 0 Å². The largest absolute Gasteiger partial charge is 0.333 e. The van der Waals surface area contributed by atoms with Gasteiger partial charge in [0.1, 0.15) is 10.7 Å². The Morgan fingerprint density at radius 3 is 2.89 bits per heavy atom. The molecule has 1 N–H and O–H groups in total.